The normalized spacial score (nSPS) is 27.8. The Balaban J connectivity index is 3.13. The van der Waals surface area contributed by atoms with Gasteiger partial charge in [0, 0.05) is 62.3 Å². The van der Waals surface area contributed by atoms with Crippen molar-refractivity contribution in [3.63, 3.8) is 0 Å². The lowest BCUT2D eigenvalue weighted by Crippen LogP contribution is -2.64. The smallest absolute Gasteiger partial charge is 0.247 e. The first-order valence-electron chi connectivity index (χ1n) is 33.8. The maximum atomic E-state index is 15.4. The van der Waals surface area contributed by atoms with Crippen molar-refractivity contribution in [2.75, 3.05) is 69.0 Å². The van der Waals surface area contributed by atoms with Gasteiger partial charge >= 0.3 is 0 Å². The van der Waals surface area contributed by atoms with E-state index in [2.05, 4.69) is 21.3 Å². The van der Waals surface area contributed by atoms with Gasteiger partial charge < -0.3 is 70.7 Å². The number of aliphatic hydroxyl groups excluding tert-OH is 1. The summed E-state index contributed by atoms with van der Waals surface area (Å²) in [6.45, 7) is 30.2. The van der Waals surface area contributed by atoms with Crippen LogP contribution in [-0.4, -0.2) is 262 Å². The molecule has 2 fully saturated rings. The summed E-state index contributed by atoms with van der Waals surface area (Å²) in [7, 11) is 9.92. The summed E-state index contributed by atoms with van der Waals surface area (Å²) in [6, 6.07) is -14.3. The lowest BCUT2D eigenvalue weighted by Gasteiger charge is -2.42. The molecule has 2 saturated heterocycles. The monoisotopic (exact) mass is 1310 g/mol. The number of nitrogens with zero attached hydrogens (tertiary/aromatic N) is 8. The van der Waals surface area contributed by atoms with Crippen LogP contribution in [0.5, 0.6) is 0 Å². The number of hydrogen-bond donors (Lipinski definition) is 6. The number of carbonyl (C=O) groups is 11. The van der Waals surface area contributed by atoms with E-state index in [1.807, 2.05) is 52.5 Å². The van der Waals surface area contributed by atoms with Gasteiger partial charge in [0.25, 0.3) is 0 Å². The quantitative estimate of drug-likeness (QED) is 0.114. The summed E-state index contributed by atoms with van der Waals surface area (Å²) in [6.07, 6.45) is 4.99. The highest BCUT2D eigenvalue weighted by Gasteiger charge is 2.47. The standard InChI is InChI=1S/C68H122N12O13/c1-25-27-31-44(13)56(81)55-60(85)71-47(26-2)62(87)77(22)52(38-80-32-29-28-30-33-80)65(90)76(21)51(37-68(16,17)93)59(84)72-53(42(9)10)66(91)73(18)48(34-39(3)4)58(83)69-45(14)57(82)70-46(15)61(86)74(19)49(35-40(5)6)63(88)75(20)50(36-41(7)8)64(89)78(23)54(43(11)12)67(92)79(55)24/h25,27,39-56,81,93H,26,28-38H2,1-24H3,(H,69,83)(H,70,82)(H,71,85)(H,72,84)/t44-,45+,46-,47+,48+,49+,50+,51+,52-,53+,54+,55+,56-/m1/s1. The molecule has 93 heavy (non-hydrogen) atoms. The van der Waals surface area contributed by atoms with E-state index in [0.717, 1.165) is 29.1 Å². The maximum absolute atomic E-state index is 15.4. The molecule has 0 radical (unpaired) electrons. The minimum atomic E-state index is -1.65. The Morgan fingerprint density at radius 1 is 0.484 bits per heavy atom. The number of hydrogen-bond acceptors (Lipinski definition) is 14. The van der Waals surface area contributed by atoms with Crippen LogP contribution in [0, 0.1) is 35.5 Å². The zero-order valence-corrected chi connectivity index (χ0v) is 61.0. The van der Waals surface area contributed by atoms with Crippen molar-refractivity contribution in [3.05, 3.63) is 12.2 Å². The number of allylic oxidation sites excluding steroid dienone is 2. The van der Waals surface area contributed by atoms with E-state index in [1.54, 1.807) is 54.5 Å². The summed E-state index contributed by atoms with van der Waals surface area (Å²) >= 11 is 0. The molecule has 2 heterocycles. The number of aliphatic hydroxyl groups is 2. The minimum absolute atomic E-state index is 0.0166. The molecule has 2 rings (SSSR count). The van der Waals surface area contributed by atoms with Crippen LogP contribution < -0.4 is 21.3 Å². The van der Waals surface area contributed by atoms with Crippen molar-refractivity contribution < 1.29 is 63.0 Å². The fraction of sp³-hybridized carbons (Fsp3) is 0.809. The third-order valence-electron chi connectivity index (χ3n) is 18.3. The second-order valence-electron chi connectivity index (χ2n) is 29.1. The Morgan fingerprint density at radius 2 is 0.914 bits per heavy atom. The third kappa shape index (κ3) is 23.3. The Kier molecular flexibility index (Phi) is 33.1. The lowest BCUT2D eigenvalue weighted by atomic mass is 9.91. The summed E-state index contributed by atoms with van der Waals surface area (Å²) in [5.41, 5.74) is -1.58. The molecule has 11 amide bonds. The molecule has 25 heteroatoms. The number of likely N-dealkylation sites (tertiary alicyclic amines) is 1. The van der Waals surface area contributed by atoms with Crippen LogP contribution in [0.25, 0.3) is 0 Å². The first-order valence-corrected chi connectivity index (χ1v) is 33.8. The van der Waals surface area contributed by atoms with E-state index in [4.69, 9.17) is 0 Å². The highest BCUT2D eigenvalue weighted by atomic mass is 16.3. The molecular formula is C68H122N12O13. The number of amides is 11. The molecule has 0 aromatic carbocycles. The molecule has 25 nitrogen and oxygen atoms in total. The van der Waals surface area contributed by atoms with E-state index in [-0.39, 0.29) is 56.4 Å². The molecule has 0 aromatic rings. The van der Waals surface area contributed by atoms with E-state index < -0.39 is 161 Å². The van der Waals surface area contributed by atoms with Crippen molar-refractivity contribution >= 4 is 65.0 Å². The van der Waals surface area contributed by atoms with Crippen molar-refractivity contribution in [1.82, 2.24) is 60.5 Å². The third-order valence-corrected chi connectivity index (χ3v) is 18.3. The van der Waals surface area contributed by atoms with Gasteiger partial charge in [0.2, 0.25) is 65.0 Å². The van der Waals surface area contributed by atoms with Crippen LogP contribution in [0.15, 0.2) is 12.2 Å². The van der Waals surface area contributed by atoms with Gasteiger partial charge in [-0.2, -0.15) is 0 Å². The molecule has 6 N–H and O–H groups in total. The summed E-state index contributed by atoms with van der Waals surface area (Å²) in [4.78, 5) is 175. The van der Waals surface area contributed by atoms with Crippen LogP contribution in [-0.2, 0) is 52.7 Å². The van der Waals surface area contributed by atoms with Crippen LogP contribution in [0.1, 0.15) is 175 Å². The van der Waals surface area contributed by atoms with Gasteiger partial charge in [-0.1, -0.05) is 102 Å². The van der Waals surface area contributed by atoms with Gasteiger partial charge in [-0.3, -0.25) is 52.7 Å². The Morgan fingerprint density at radius 3 is 1.39 bits per heavy atom. The van der Waals surface area contributed by atoms with Gasteiger partial charge in [0.1, 0.15) is 66.5 Å². The molecule has 0 aliphatic carbocycles. The molecule has 13 atom stereocenters. The highest BCUT2D eigenvalue weighted by molar-refractivity contribution is 6.00. The fourth-order valence-electron chi connectivity index (χ4n) is 12.4. The molecule has 2 aliphatic heterocycles. The summed E-state index contributed by atoms with van der Waals surface area (Å²) in [5.74, 6) is -10.2. The van der Waals surface area contributed by atoms with Gasteiger partial charge in [-0.05, 0) is 128 Å². The van der Waals surface area contributed by atoms with Crippen molar-refractivity contribution in [2.45, 2.75) is 254 Å². The Labute approximate surface area is 556 Å². The molecule has 0 saturated carbocycles. The first kappa shape index (κ1) is 82.9. The van der Waals surface area contributed by atoms with Crippen LogP contribution >= 0.6 is 0 Å². The van der Waals surface area contributed by atoms with Crippen molar-refractivity contribution in [1.29, 1.82) is 0 Å². The number of likely N-dealkylation sites (N-methyl/N-ethyl adjacent to an activating group) is 7. The van der Waals surface area contributed by atoms with E-state index in [1.165, 1.54) is 102 Å². The zero-order chi connectivity index (χ0) is 71.6. The molecule has 532 valence electrons. The average molecular weight is 1320 g/mol. The minimum Gasteiger partial charge on any atom is -0.390 e. The second-order valence-corrected chi connectivity index (χ2v) is 29.1. The molecule has 2 aliphatic rings. The van der Waals surface area contributed by atoms with Crippen molar-refractivity contribution in [2.24, 2.45) is 35.5 Å². The van der Waals surface area contributed by atoms with Gasteiger partial charge in [0.05, 0.1) is 11.7 Å². The van der Waals surface area contributed by atoms with Crippen LogP contribution in [0.2, 0.25) is 0 Å². The zero-order valence-electron chi connectivity index (χ0n) is 61.0. The fourth-order valence-corrected chi connectivity index (χ4v) is 12.4. The SMILES string of the molecule is CC=CC[C@@H](C)[C@@H](O)[C@H]1C(=O)N[C@@H](CC)C(=O)N(C)[C@H](CN2CCCCC2)C(=O)N(C)[C@@H](CC(C)(C)O)C(=O)N[C@@H](C(C)C)C(=O)N(C)[C@@H](CC(C)C)C(=O)N[C@@H](C)C(=O)N[C@H](C)C(=O)N(C)[C@@H](CC(C)C)C(=O)N(C)[C@@H](CC(C)C)C(=O)N(C)[C@@H](C(C)C)C(=O)N1C. The predicted molar refractivity (Wildman–Crippen MR) is 359 cm³/mol. The predicted octanol–water partition coefficient (Wildman–Crippen LogP) is 3.24. The van der Waals surface area contributed by atoms with E-state index in [9.17, 15) is 34.2 Å². The largest absolute Gasteiger partial charge is 0.390 e. The molecule has 0 aromatic heterocycles. The second kappa shape index (κ2) is 37.2. The highest BCUT2D eigenvalue weighted by Crippen LogP contribution is 2.27. The van der Waals surface area contributed by atoms with E-state index >= 15 is 28.8 Å². The lowest BCUT2D eigenvalue weighted by molar-refractivity contribution is -0.157. The van der Waals surface area contributed by atoms with Gasteiger partial charge in [0.15, 0.2) is 0 Å². The number of carbonyl (C=O) groups excluding carboxylic acids is 11. The number of piperidine rings is 1. The number of nitrogens with one attached hydrogen (secondary N) is 4. The molecule has 0 spiro atoms. The maximum Gasteiger partial charge on any atom is 0.247 e. The van der Waals surface area contributed by atoms with Crippen molar-refractivity contribution in [3.8, 4) is 0 Å². The van der Waals surface area contributed by atoms with Gasteiger partial charge in [-0.15, -0.1) is 0 Å². The molecular weight excluding hydrogens is 1190 g/mol. The Hall–Kier alpha value is -6.21. The van der Waals surface area contributed by atoms with E-state index in [0.29, 0.717) is 19.5 Å². The summed E-state index contributed by atoms with van der Waals surface area (Å²) in [5, 5.41) is 34.8. The first-order chi connectivity index (χ1) is 43.0. The van der Waals surface area contributed by atoms with Crippen LogP contribution in [0.4, 0.5) is 0 Å². The Bertz CT molecular complexity index is 2570. The molecule has 0 unspecified atom stereocenters. The number of rotatable bonds is 17. The average Bonchev–Trinajstić information content (AvgIpc) is 0.844. The topological polar surface area (TPSA) is 302 Å². The van der Waals surface area contributed by atoms with Crippen LogP contribution in [0.3, 0.4) is 0 Å². The van der Waals surface area contributed by atoms with Gasteiger partial charge in [-0.25, -0.2) is 0 Å². The summed E-state index contributed by atoms with van der Waals surface area (Å²) < 4.78 is 0. The molecule has 0 bridgehead atoms.